The van der Waals surface area contributed by atoms with Crippen molar-refractivity contribution in [1.82, 2.24) is 9.78 Å². The van der Waals surface area contributed by atoms with Gasteiger partial charge in [0.25, 0.3) is 0 Å². The number of hydrogen-bond donors (Lipinski definition) is 1. The highest BCUT2D eigenvalue weighted by Gasteiger charge is 2.21. The summed E-state index contributed by atoms with van der Waals surface area (Å²) in [6.45, 7) is 0.314. The van der Waals surface area contributed by atoms with Gasteiger partial charge in [-0.15, -0.1) is 0 Å². The van der Waals surface area contributed by atoms with Gasteiger partial charge in [-0.05, 0) is 0 Å². The third-order valence-corrected chi connectivity index (χ3v) is 2.86. The Balaban J connectivity index is 1.86. The lowest BCUT2D eigenvalue weighted by molar-refractivity contribution is 0.0691. The zero-order chi connectivity index (χ0) is 14.1. The predicted molar refractivity (Wildman–Crippen MR) is 67.1 cm³/mol. The van der Waals surface area contributed by atoms with Crippen LogP contribution >= 0.6 is 0 Å². The fourth-order valence-electron chi connectivity index (χ4n) is 1.92. The molecule has 1 aliphatic rings. The SMILES string of the molecule is Cn1cc(COc2cc3c(cc2C(=O)O)OCO3)cn1. The average Bonchev–Trinajstić information content (AvgIpc) is 3.03. The first kappa shape index (κ1) is 12.3. The summed E-state index contributed by atoms with van der Waals surface area (Å²) in [5, 5.41) is 13.2. The predicted octanol–water partition coefficient (Wildman–Crippen LogP) is 1.43. The van der Waals surface area contributed by atoms with Crippen LogP contribution in [-0.4, -0.2) is 27.6 Å². The van der Waals surface area contributed by atoms with Crippen molar-refractivity contribution in [1.29, 1.82) is 0 Å². The first-order chi connectivity index (χ1) is 9.63. The fourth-order valence-corrected chi connectivity index (χ4v) is 1.92. The third-order valence-electron chi connectivity index (χ3n) is 2.86. The molecule has 0 radical (unpaired) electrons. The van der Waals surface area contributed by atoms with E-state index in [0.29, 0.717) is 11.5 Å². The highest BCUT2D eigenvalue weighted by atomic mass is 16.7. The van der Waals surface area contributed by atoms with E-state index in [-0.39, 0.29) is 24.7 Å². The van der Waals surface area contributed by atoms with Crippen molar-refractivity contribution in [3.8, 4) is 17.2 Å². The summed E-state index contributed by atoms with van der Waals surface area (Å²) >= 11 is 0. The van der Waals surface area contributed by atoms with Gasteiger partial charge in [0.1, 0.15) is 17.9 Å². The van der Waals surface area contributed by atoms with E-state index in [1.54, 1.807) is 24.1 Å². The number of carbonyl (C=O) groups is 1. The van der Waals surface area contributed by atoms with Gasteiger partial charge in [-0.3, -0.25) is 4.68 Å². The zero-order valence-electron chi connectivity index (χ0n) is 10.7. The second-order valence-corrected chi connectivity index (χ2v) is 4.32. The van der Waals surface area contributed by atoms with Crippen molar-refractivity contribution < 1.29 is 24.1 Å². The summed E-state index contributed by atoms with van der Waals surface area (Å²) in [5.41, 5.74) is 0.889. The molecule has 0 aliphatic carbocycles. The lowest BCUT2D eigenvalue weighted by atomic mass is 10.2. The van der Waals surface area contributed by atoms with Crippen molar-refractivity contribution in [2.45, 2.75) is 6.61 Å². The Morgan fingerprint density at radius 2 is 2.20 bits per heavy atom. The molecule has 20 heavy (non-hydrogen) atoms. The van der Waals surface area contributed by atoms with Gasteiger partial charge in [0, 0.05) is 30.9 Å². The molecule has 0 saturated carbocycles. The number of rotatable bonds is 4. The second kappa shape index (κ2) is 4.76. The summed E-state index contributed by atoms with van der Waals surface area (Å²) in [7, 11) is 1.80. The van der Waals surface area contributed by atoms with Crippen molar-refractivity contribution in [2.75, 3.05) is 6.79 Å². The Bertz CT molecular complexity index is 665. The van der Waals surface area contributed by atoms with Crippen LogP contribution in [0.1, 0.15) is 15.9 Å². The van der Waals surface area contributed by atoms with E-state index in [1.165, 1.54) is 12.1 Å². The Morgan fingerprint density at radius 3 is 2.85 bits per heavy atom. The van der Waals surface area contributed by atoms with Gasteiger partial charge in [0.2, 0.25) is 6.79 Å². The van der Waals surface area contributed by atoms with Crippen LogP contribution in [0, 0.1) is 0 Å². The molecule has 7 heteroatoms. The molecule has 0 spiro atoms. The van der Waals surface area contributed by atoms with E-state index in [1.807, 2.05) is 0 Å². The largest absolute Gasteiger partial charge is 0.488 e. The lowest BCUT2D eigenvalue weighted by Crippen LogP contribution is -2.03. The molecule has 1 aromatic heterocycles. The van der Waals surface area contributed by atoms with E-state index in [2.05, 4.69) is 5.10 Å². The molecule has 0 fully saturated rings. The molecule has 104 valence electrons. The molecule has 2 aromatic rings. The molecule has 0 amide bonds. The summed E-state index contributed by atoms with van der Waals surface area (Å²) in [6.07, 6.45) is 3.46. The van der Waals surface area contributed by atoms with Gasteiger partial charge in [-0.2, -0.15) is 5.10 Å². The van der Waals surface area contributed by atoms with E-state index in [0.717, 1.165) is 5.56 Å². The maximum atomic E-state index is 11.2. The van der Waals surface area contributed by atoms with Crippen LogP contribution in [0.25, 0.3) is 0 Å². The number of aryl methyl sites for hydroxylation is 1. The van der Waals surface area contributed by atoms with E-state index >= 15 is 0 Å². The maximum absolute atomic E-state index is 11.2. The van der Waals surface area contributed by atoms with Gasteiger partial charge in [-0.25, -0.2) is 4.79 Å². The molecular formula is C13H12N2O5. The number of aromatic nitrogens is 2. The molecule has 7 nitrogen and oxygen atoms in total. The smallest absolute Gasteiger partial charge is 0.339 e. The topological polar surface area (TPSA) is 82.8 Å². The molecule has 1 aromatic carbocycles. The summed E-state index contributed by atoms with van der Waals surface area (Å²) in [4.78, 5) is 11.2. The van der Waals surface area contributed by atoms with Crippen LogP contribution in [0.3, 0.4) is 0 Å². The van der Waals surface area contributed by atoms with Crippen LogP contribution in [0.2, 0.25) is 0 Å². The Hall–Kier alpha value is -2.70. The van der Waals surface area contributed by atoms with Gasteiger partial charge in [0.15, 0.2) is 11.5 Å². The van der Waals surface area contributed by atoms with Crippen molar-refractivity contribution in [3.05, 3.63) is 35.7 Å². The first-order valence-corrected chi connectivity index (χ1v) is 5.91. The molecule has 1 N–H and O–H groups in total. The molecule has 3 rings (SSSR count). The minimum atomic E-state index is -1.08. The monoisotopic (exact) mass is 276 g/mol. The fraction of sp³-hybridized carbons (Fsp3) is 0.231. The summed E-state index contributed by atoms with van der Waals surface area (Å²) in [6, 6.07) is 2.94. The molecule has 1 aliphatic heterocycles. The molecule has 0 unspecified atom stereocenters. The number of hydrogen-bond acceptors (Lipinski definition) is 5. The number of fused-ring (bicyclic) bond motifs is 1. The first-order valence-electron chi connectivity index (χ1n) is 5.91. The third kappa shape index (κ3) is 2.25. The van der Waals surface area contributed by atoms with Gasteiger partial charge >= 0.3 is 5.97 Å². The van der Waals surface area contributed by atoms with Crippen LogP contribution in [-0.2, 0) is 13.7 Å². The normalized spacial score (nSPS) is 12.4. The Morgan fingerprint density at radius 1 is 1.45 bits per heavy atom. The number of ether oxygens (including phenoxy) is 3. The molecule has 0 atom stereocenters. The second-order valence-electron chi connectivity index (χ2n) is 4.32. The zero-order valence-corrected chi connectivity index (χ0v) is 10.7. The summed E-state index contributed by atoms with van der Waals surface area (Å²) in [5.74, 6) is 0.0578. The Kier molecular flexibility index (Phi) is 2.94. The standard InChI is InChI=1S/C13H12N2O5/c1-15-5-8(4-14-15)6-18-10-3-12-11(19-7-20-12)2-9(10)13(16)17/h2-5H,6-7H2,1H3,(H,16,17). The van der Waals surface area contributed by atoms with Crippen molar-refractivity contribution in [3.63, 3.8) is 0 Å². The minimum absolute atomic E-state index is 0.0399. The van der Waals surface area contributed by atoms with Crippen molar-refractivity contribution >= 4 is 5.97 Å². The van der Waals surface area contributed by atoms with Crippen LogP contribution in [0.4, 0.5) is 0 Å². The summed E-state index contributed by atoms with van der Waals surface area (Å²) < 4.78 is 17.6. The maximum Gasteiger partial charge on any atom is 0.339 e. The van der Waals surface area contributed by atoms with Crippen molar-refractivity contribution in [2.24, 2.45) is 7.05 Å². The van der Waals surface area contributed by atoms with Crippen LogP contribution in [0.15, 0.2) is 24.5 Å². The van der Waals surface area contributed by atoms with Crippen LogP contribution in [0.5, 0.6) is 17.2 Å². The Labute approximate surface area is 114 Å². The van der Waals surface area contributed by atoms with E-state index in [4.69, 9.17) is 14.2 Å². The van der Waals surface area contributed by atoms with Crippen LogP contribution < -0.4 is 14.2 Å². The molecule has 0 bridgehead atoms. The highest BCUT2D eigenvalue weighted by Crippen LogP contribution is 2.38. The molecular weight excluding hydrogens is 264 g/mol. The number of benzene rings is 1. The number of carboxylic acid groups (broad SMARTS) is 1. The van der Waals surface area contributed by atoms with Gasteiger partial charge in [0.05, 0.1) is 6.20 Å². The number of aromatic carboxylic acids is 1. The minimum Gasteiger partial charge on any atom is -0.488 e. The molecule has 2 heterocycles. The molecule has 0 saturated heterocycles. The number of carboxylic acids is 1. The highest BCUT2D eigenvalue weighted by molar-refractivity contribution is 5.92. The van der Waals surface area contributed by atoms with E-state index in [9.17, 15) is 9.90 Å². The van der Waals surface area contributed by atoms with E-state index < -0.39 is 5.97 Å². The quantitative estimate of drug-likeness (QED) is 0.909. The number of nitrogens with zero attached hydrogens (tertiary/aromatic N) is 2. The van der Waals surface area contributed by atoms with Gasteiger partial charge < -0.3 is 19.3 Å². The average molecular weight is 276 g/mol. The van der Waals surface area contributed by atoms with Gasteiger partial charge in [-0.1, -0.05) is 0 Å². The lowest BCUT2D eigenvalue weighted by Gasteiger charge is -2.09.